The van der Waals surface area contributed by atoms with Gasteiger partial charge in [-0.3, -0.25) is 4.79 Å². The van der Waals surface area contributed by atoms with E-state index < -0.39 is 0 Å². The molecule has 1 heterocycles. The fourth-order valence-corrected chi connectivity index (χ4v) is 4.54. The van der Waals surface area contributed by atoms with E-state index >= 15 is 0 Å². The number of hydrogen-bond donors (Lipinski definition) is 0. The molecule has 0 spiro atoms. The number of hydrogen-bond acceptors (Lipinski definition) is 4. The van der Waals surface area contributed by atoms with Crippen LogP contribution in [0.2, 0.25) is 0 Å². The molecule has 2 aromatic carbocycles. The van der Waals surface area contributed by atoms with Crippen LogP contribution in [0.15, 0.2) is 78.4 Å². The summed E-state index contributed by atoms with van der Waals surface area (Å²) in [5.41, 5.74) is 6.91. The van der Waals surface area contributed by atoms with Gasteiger partial charge in [0.25, 0.3) is 0 Å². The van der Waals surface area contributed by atoms with Gasteiger partial charge in [0.05, 0.1) is 17.8 Å². The monoisotopic (exact) mass is 555 g/mol. The summed E-state index contributed by atoms with van der Waals surface area (Å²) < 4.78 is 12.1. The Hall–Kier alpha value is -3.68. The molecule has 1 aliphatic rings. The number of allylic oxidation sites excluding steroid dienone is 7. The van der Waals surface area contributed by atoms with Crippen molar-refractivity contribution < 1.29 is 14.3 Å². The zero-order valence-electron chi connectivity index (χ0n) is 26.9. The lowest BCUT2D eigenvalue weighted by Crippen LogP contribution is -2.39. The highest BCUT2D eigenvalue weighted by Gasteiger charge is 2.30. The van der Waals surface area contributed by atoms with Crippen LogP contribution in [-0.4, -0.2) is 24.1 Å². The molecular formula is C37H49NO3. The second-order valence-corrected chi connectivity index (χ2v) is 10.2. The van der Waals surface area contributed by atoms with Gasteiger partial charge in [0, 0.05) is 18.4 Å². The molecule has 0 aromatic heterocycles. The van der Waals surface area contributed by atoms with E-state index in [1.165, 1.54) is 0 Å². The molecule has 0 N–H and O–H groups in total. The van der Waals surface area contributed by atoms with Crippen molar-refractivity contribution in [2.24, 2.45) is 0 Å². The molecule has 1 aliphatic heterocycles. The van der Waals surface area contributed by atoms with E-state index in [9.17, 15) is 10.1 Å². The van der Waals surface area contributed by atoms with E-state index in [4.69, 9.17) is 9.47 Å². The van der Waals surface area contributed by atoms with E-state index in [1.54, 1.807) is 6.92 Å². The fraction of sp³-hybridized carbons (Fsp3) is 0.405. The van der Waals surface area contributed by atoms with Crippen LogP contribution in [0.4, 0.5) is 0 Å². The number of carbonyl (C=O) groups is 1. The molecule has 1 fully saturated rings. The zero-order chi connectivity index (χ0) is 31.2. The Morgan fingerprint density at radius 2 is 1.61 bits per heavy atom. The summed E-state index contributed by atoms with van der Waals surface area (Å²) in [6.07, 6.45) is 7.70. The maximum atomic E-state index is 11.6. The molecule has 0 saturated carbocycles. The van der Waals surface area contributed by atoms with Crippen molar-refractivity contribution in [1.82, 2.24) is 0 Å². The second kappa shape index (κ2) is 17.2. The van der Waals surface area contributed by atoms with Gasteiger partial charge in [-0.15, -0.1) is 0 Å². The Morgan fingerprint density at radius 1 is 1.02 bits per heavy atom. The fourth-order valence-electron chi connectivity index (χ4n) is 4.54. The van der Waals surface area contributed by atoms with Crippen molar-refractivity contribution in [2.45, 2.75) is 93.8 Å². The third-order valence-electron chi connectivity index (χ3n) is 6.71. The predicted octanol–water partition coefficient (Wildman–Crippen LogP) is 10.2. The highest BCUT2D eigenvalue weighted by Crippen LogP contribution is 2.33. The molecule has 220 valence electrons. The lowest BCUT2D eigenvalue weighted by Gasteiger charge is -2.35. The van der Waals surface area contributed by atoms with Crippen LogP contribution < -0.4 is 4.74 Å². The molecule has 0 amide bonds. The molecule has 0 radical (unpaired) electrons. The van der Waals surface area contributed by atoms with Crippen molar-refractivity contribution >= 4 is 16.9 Å². The zero-order valence-corrected chi connectivity index (χ0v) is 26.9. The summed E-state index contributed by atoms with van der Waals surface area (Å²) in [4.78, 5) is 11.6. The van der Waals surface area contributed by atoms with E-state index in [2.05, 4.69) is 32.6 Å². The Bertz CT molecular complexity index is 1300. The number of ether oxygens (including phenoxy) is 2. The van der Waals surface area contributed by atoms with Gasteiger partial charge in [-0.25, -0.2) is 0 Å². The van der Waals surface area contributed by atoms with Gasteiger partial charge in [-0.05, 0) is 87.1 Å². The summed E-state index contributed by atoms with van der Waals surface area (Å²) in [6.45, 7) is 24.7. The summed E-state index contributed by atoms with van der Waals surface area (Å²) in [5.74, 6) is 0.659. The van der Waals surface area contributed by atoms with Crippen LogP contribution in [0.25, 0.3) is 11.1 Å². The van der Waals surface area contributed by atoms with Crippen LogP contribution in [-0.2, 0) is 4.74 Å². The van der Waals surface area contributed by atoms with Gasteiger partial charge in [-0.2, -0.15) is 5.26 Å². The molecule has 4 nitrogen and oxygen atoms in total. The average molecular weight is 556 g/mol. The highest BCUT2D eigenvalue weighted by atomic mass is 16.5. The molecular weight excluding hydrogens is 506 g/mol. The number of ketones is 1. The minimum absolute atomic E-state index is 0.0198. The molecule has 4 heteroatoms. The highest BCUT2D eigenvalue weighted by molar-refractivity contribution is 5.94. The smallest absolute Gasteiger partial charge is 0.159 e. The Balaban J connectivity index is 0.00000201. The number of benzene rings is 2. The van der Waals surface area contributed by atoms with Crippen LogP contribution in [0.3, 0.4) is 0 Å². The first-order valence-electron chi connectivity index (χ1n) is 14.7. The molecule has 3 rings (SSSR count). The van der Waals surface area contributed by atoms with Gasteiger partial charge in [-0.1, -0.05) is 82.8 Å². The van der Waals surface area contributed by atoms with Gasteiger partial charge in [0.1, 0.15) is 17.9 Å². The summed E-state index contributed by atoms with van der Waals surface area (Å²) >= 11 is 0. The van der Waals surface area contributed by atoms with E-state index in [0.29, 0.717) is 23.5 Å². The van der Waals surface area contributed by atoms with Gasteiger partial charge in [0.15, 0.2) is 5.78 Å². The quantitative estimate of drug-likeness (QED) is 0.240. The van der Waals surface area contributed by atoms with Gasteiger partial charge < -0.3 is 9.47 Å². The predicted molar refractivity (Wildman–Crippen MR) is 174 cm³/mol. The topological polar surface area (TPSA) is 59.3 Å². The number of nitriles is 1. The lowest BCUT2D eigenvalue weighted by molar-refractivity contribution is -0.0897. The Morgan fingerprint density at radius 3 is 2.15 bits per heavy atom. The van der Waals surface area contributed by atoms with Gasteiger partial charge >= 0.3 is 0 Å². The first kappa shape index (κ1) is 35.3. The standard InChI is InChI=1S/C33H37NO3.2C2H6/c1-8-9-31(24(4)22(2)18-23(3)26-10-12-27(13-11-26)25(5)35)28-14-15-32(29(19-28)21-34)37-30-16-17-36-33(6,7)20-30;2*1-2/h8-15,18-19,30H,2,16-17,20H2,1,3-7H3;2*1-2H3/b9-8-,23-18+,31-24+;;. The van der Waals surface area contributed by atoms with Crippen molar-refractivity contribution in [3.63, 3.8) is 0 Å². The first-order chi connectivity index (χ1) is 19.5. The average Bonchev–Trinajstić information content (AvgIpc) is 2.97. The Labute approximate surface area is 249 Å². The van der Waals surface area contributed by atoms with E-state index in [0.717, 1.165) is 46.3 Å². The Kier molecular flexibility index (Phi) is 14.8. The molecule has 0 bridgehead atoms. The second-order valence-electron chi connectivity index (χ2n) is 10.2. The number of rotatable bonds is 8. The maximum Gasteiger partial charge on any atom is 0.159 e. The summed E-state index contributed by atoms with van der Waals surface area (Å²) in [7, 11) is 0. The number of Topliss-reactive ketones (excluding diaryl/α,β-unsaturated/α-hetero) is 1. The molecule has 41 heavy (non-hydrogen) atoms. The van der Waals surface area contributed by atoms with Crippen LogP contribution >= 0.6 is 0 Å². The number of nitrogens with zero attached hydrogens (tertiary/aromatic N) is 1. The van der Waals surface area contributed by atoms with E-state index in [1.807, 2.05) is 103 Å². The molecule has 1 saturated heterocycles. The summed E-state index contributed by atoms with van der Waals surface area (Å²) in [5, 5.41) is 9.90. The van der Waals surface area contributed by atoms with Gasteiger partial charge in [0.2, 0.25) is 0 Å². The maximum absolute atomic E-state index is 11.6. The molecule has 2 aromatic rings. The lowest BCUT2D eigenvalue weighted by atomic mass is 9.92. The van der Waals surface area contributed by atoms with Crippen molar-refractivity contribution in [3.8, 4) is 11.8 Å². The van der Waals surface area contributed by atoms with Crippen molar-refractivity contribution in [2.75, 3.05) is 6.61 Å². The minimum Gasteiger partial charge on any atom is -0.489 e. The third kappa shape index (κ3) is 10.3. The third-order valence-corrected chi connectivity index (χ3v) is 6.71. The van der Waals surface area contributed by atoms with E-state index in [-0.39, 0.29) is 17.5 Å². The normalized spacial score (nSPS) is 16.7. The molecule has 0 aliphatic carbocycles. The van der Waals surface area contributed by atoms with Crippen LogP contribution in [0, 0.1) is 11.3 Å². The minimum atomic E-state index is -0.226. The van der Waals surface area contributed by atoms with Crippen LogP contribution in [0.5, 0.6) is 5.75 Å². The molecule has 1 unspecified atom stereocenters. The summed E-state index contributed by atoms with van der Waals surface area (Å²) in [6, 6.07) is 15.7. The van der Waals surface area contributed by atoms with Crippen LogP contribution in [0.1, 0.15) is 109 Å². The molecule has 1 atom stereocenters. The number of carbonyl (C=O) groups excluding carboxylic acids is 1. The largest absolute Gasteiger partial charge is 0.489 e. The first-order valence-corrected chi connectivity index (χ1v) is 14.7. The van der Waals surface area contributed by atoms with Crippen molar-refractivity contribution in [1.29, 1.82) is 5.26 Å². The SMILES string of the molecule is C=C(/C=C(\C)c1ccc(C(C)=O)cc1)/C(C)=C(\C=C/C)c1ccc(OC2CCOC(C)(C)C2)c(C#N)c1.CC.CC. The van der Waals surface area contributed by atoms with Crippen molar-refractivity contribution in [3.05, 3.63) is 101 Å².